The maximum absolute atomic E-state index is 13.7. The van der Waals surface area contributed by atoms with Crippen molar-refractivity contribution >= 4 is 23.6 Å². The lowest BCUT2D eigenvalue weighted by Gasteiger charge is -2.26. The van der Waals surface area contributed by atoms with Crippen LogP contribution in [0.1, 0.15) is 28.4 Å². The van der Waals surface area contributed by atoms with E-state index in [0.29, 0.717) is 6.42 Å². The Balaban J connectivity index is 1.86. The van der Waals surface area contributed by atoms with E-state index in [1.165, 1.54) is 38.5 Å². The smallest absolute Gasteiger partial charge is 0.255 e. The Bertz CT molecular complexity index is 912. The van der Waals surface area contributed by atoms with Gasteiger partial charge in [-0.25, -0.2) is 4.39 Å². The van der Waals surface area contributed by atoms with Gasteiger partial charge in [0.25, 0.3) is 11.8 Å². The Morgan fingerprint density at radius 1 is 1.21 bits per heavy atom. The second-order valence-corrected chi connectivity index (χ2v) is 7.45. The van der Waals surface area contributed by atoms with Gasteiger partial charge in [-0.2, -0.15) is 0 Å². The van der Waals surface area contributed by atoms with Crippen LogP contribution < -0.4 is 25.3 Å². The van der Waals surface area contributed by atoms with E-state index in [1.807, 2.05) is 0 Å². The number of methoxy groups -OCH3 is 2. The highest BCUT2D eigenvalue weighted by molar-refractivity contribution is 7.99. The van der Waals surface area contributed by atoms with Crippen molar-refractivity contribution < 1.29 is 28.2 Å². The molecule has 1 unspecified atom stereocenters. The summed E-state index contributed by atoms with van der Waals surface area (Å²) in [5.41, 5.74) is 6.16. The molecule has 9 heteroatoms. The molecule has 2 aromatic carbocycles. The van der Waals surface area contributed by atoms with E-state index >= 15 is 0 Å². The number of amides is 2. The summed E-state index contributed by atoms with van der Waals surface area (Å²) in [6.45, 7) is -0.361. The van der Waals surface area contributed by atoms with Crippen LogP contribution in [0.3, 0.4) is 0 Å². The molecule has 154 valence electrons. The number of nitrogens with one attached hydrogen (secondary N) is 1. The van der Waals surface area contributed by atoms with Gasteiger partial charge in [-0.15, -0.1) is 11.8 Å². The van der Waals surface area contributed by atoms with Crippen molar-refractivity contribution in [2.24, 2.45) is 5.73 Å². The molecule has 1 atom stereocenters. The van der Waals surface area contributed by atoms with Crippen molar-refractivity contribution in [2.45, 2.75) is 17.4 Å². The van der Waals surface area contributed by atoms with E-state index in [0.717, 1.165) is 16.2 Å². The number of benzene rings is 2. The minimum Gasteiger partial charge on any atom is -0.493 e. The molecule has 0 spiro atoms. The Morgan fingerprint density at radius 2 is 1.90 bits per heavy atom. The fraction of sp³-hybridized carbons (Fsp3) is 0.300. The highest BCUT2D eigenvalue weighted by Gasteiger charge is 2.25. The fourth-order valence-electron chi connectivity index (χ4n) is 3.05. The van der Waals surface area contributed by atoms with Gasteiger partial charge < -0.3 is 25.3 Å². The number of primary amides is 1. The number of hydrogen-bond donors (Lipinski definition) is 2. The molecule has 0 bridgehead atoms. The van der Waals surface area contributed by atoms with Gasteiger partial charge in [-0.3, -0.25) is 9.59 Å². The van der Waals surface area contributed by atoms with E-state index < -0.39 is 5.91 Å². The second-order valence-electron chi connectivity index (χ2n) is 6.31. The summed E-state index contributed by atoms with van der Waals surface area (Å²) in [5, 5.41) is 2.95. The summed E-state index contributed by atoms with van der Waals surface area (Å²) in [6, 6.07) is 7.25. The molecule has 0 saturated heterocycles. The first-order valence-corrected chi connectivity index (χ1v) is 9.81. The summed E-state index contributed by atoms with van der Waals surface area (Å²) in [7, 11) is 2.82. The molecule has 3 N–H and O–H groups in total. The average molecular weight is 420 g/mol. The van der Waals surface area contributed by atoms with Crippen molar-refractivity contribution in [2.75, 3.05) is 26.6 Å². The van der Waals surface area contributed by atoms with Crippen LogP contribution in [0.25, 0.3) is 0 Å². The standard InChI is InChI=1S/C20H21FN2O5S/c1-26-15-7-11(8-16(27-2)19(15)28-10-18(22)24)20(25)23-14-5-6-29-17-4-3-12(21)9-13(14)17/h3-4,7-9,14H,5-6,10H2,1-2H3,(H2,22,24)(H,23,25). The summed E-state index contributed by atoms with van der Waals surface area (Å²) in [5.74, 6) is 0.0717. The zero-order valence-electron chi connectivity index (χ0n) is 16.0. The fourth-order valence-corrected chi connectivity index (χ4v) is 4.16. The van der Waals surface area contributed by atoms with Gasteiger partial charge in [0.2, 0.25) is 5.75 Å². The van der Waals surface area contributed by atoms with Crippen LogP contribution in [-0.4, -0.2) is 38.4 Å². The lowest BCUT2D eigenvalue weighted by molar-refractivity contribution is -0.120. The van der Waals surface area contributed by atoms with Crippen molar-refractivity contribution in [1.82, 2.24) is 5.32 Å². The minimum absolute atomic E-state index is 0.173. The lowest BCUT2D eigenvalue weighted by Crippen LogP contribution is -2.30. The Labute approximate surface area is 171 Å². The molecule has 0 fully saturated rings. The SMILES string of the molecule is COc1cc(C(=O)NC2CCSc3ccc(F)cc32)cc(OC)c1OCC(N)=O. The van der Waals surface area contributed by atoms with Crippen LogP contribution in [0.5, 0.6) is 17.2 Å². The molecule has 2 aromatic rings. The van der Waals surface area contributed by atoms with Crippen LogP contribution in [0, 0.1) is 5.82 Å². The number of ether oxygens (including phenoxy) is 3. The second kappa shape index (κ2) is 9.04. The molecule has 0 aliphatic carbocycles. The monoisotopic (exact) mass is 420 g/mol. The molecule has 1 aliphatic rings. The Hall–Kier alpha value is -2.94. The number of fused-ring (bicyclic) bond motifs is 1. The third-order valence-electron chi connectivity index (χ3n) is 4.40. The molecule has 0 radical (unpaired) electrons. The Kier molecular flexibility index (Phi) is 6.48. The van der Waals surface area contributed by atoms with Crippen molar-refractivity contribution in [3.05, 3.63) is 47.3 Å². The van der Waals surface area contributed by atoms with Gasteiger partial charge >= 0.3 is 0 Å². The summed E-state index contributed by atoms with van der Waals surface area (Å²) in [6.07, 6.45) is 0.681. The van der Waals surface area contributed by atoms with Gasteiger partial charge in [-0.1, -0.05) is 0 Å². The third kappa shape index (κ3) is 4.73. The molecule has 0 saturated carbocycles. The lowest BCUT2D eigenvalue weighted by atomic mass is 10.0. The van der Waals surface area contributed by atoms with E-state index in [1.54, 1.807) is 17.8 Å². The highest BCUT2D eigenvalue weighted by atomic mass is 32.2. The molecule has 0 aromatic heterocycles. The largest absolute Gasteiger partial charge is 0.493 e. The summed E-state index contributed by atoms with van der Waals surface area (Å²) < 4.78 is 29.6. The molecule has 29 heavy (non-hydrogen) atoms. The van der Waals surface area contributed by atoms with Crippen molar-refractivity contribution in [3.63, 3.8) is 0 Å². The number of rotatable bonds is 7. The van der Waals surface area contributed by atoms with Crippen LogP contribution in [0.4, 0.5) is 4.39 Å². The van der Waals surface area contributed by atoms with Crippen molar-refractivity contribution in [3.8, 4) is 17.2 Å². The Morgan fingerprint density at radius 3 is 2.52 bits per heavy atom. The van der Waals surface area contributed by atoms with E-state index in [-0.39, 0.29) is 47.2 Å². The molecule has 1 aliphatic heterocycles. The van der Waals surface area contributed by atoms with Gasteiger partial charge in [0.15, 0.2) is 18.1 Å². The molecular weight excluding hydrogens is 399 g/mol. The minimum atomic E-state index is -0.656. The van der Waals surface area contributed by atoms with Crippen LogP contribution in [0.15, 0.2) is 35.2 Å². The van der Waals surface area contributed by atoms with Crippen LogP contribution in [-0.2, 0) is 4.79 Å². The van der Waals surface area contributed by atoms with Gasteiger partial charge in [-0.05, 0) is 42.3 Å². The van der Waals surface area contributed by atoms with E-state index in [4.69, 9.17) is 19.9 Å². The highest BCUT2D eigenvalue weighted by Crippen LogP contribution is 2.40. The average Bonchev–Trinajstić information content (AvgIpc) is 2.71. The quantitative estimate of drug-likeness (QED) is 0.714. The van der Waals surface area contributed by atoms with Crippen LogP contribution in [0.2, 0.25) is 0 Å². The van der Waals surface area contributed by atoms with E-state index in [9.17, 15) is 14.0 Å². The van der Waals surface area contributed by atoms with Gasteiger partial charge in [0.1, 0.15) is 5.82 Å². The third-order valence-corrected chi connectivity index (χ3v) is 5.52. The predicted octanol–water partition coefficient (Wildman–Crippen LogP) is 2.67. The number of carbonyl (C=O) groups excluding carboxylic acids is 2. The normalized spacial score (nSPS) is 15.2. The number of halogens is 1. The molecule has 1 heterocycles. The molecule has 2 amide bonds. The maximum Gasteiger partial charge on any atom is 0.255 e. The number of nitrogens with two attached hydrogens (primary N) is 1. The molecule has 7 nitrogen and oxygen atoms in total. The topological polar surface area (TPSA) is 99.9 Å². The molecular formula is C20H21FN2O5S. The zero-order chi connectivity index (χ0) is 21.0. The first-order chi connectivity index (χ1) is 13.9. The van der Waals surface area contributed by atoms with Crippen molar-refractivity contribution in [1.29, 1.82) is 0 Å². The van der Waals surface area contributed by atoms with Gasteiger partial charge in [0, 0.05) is 16.2 Å². The first kappa shape index (κ1) is 20.8. The molecule has 3 rings (SSSR count). The zero-order valence-corrected chi connectivity index (χ0v) is 16.8. The number of hydrogen-bond acceptors (Lipinski definition) is 6. The van der Waals surface area contributed by atoms with Crippen LogP contribution >= 0.6 is 11.8 Å². The maximum atomic E-state index is 13.7. The summed E-state index contributed by atoms with van der Waals surface area (Å²) in [4.78, 5) is 24.9. The van der Waals surface area contributed by atoms with Gasteiger partial charge in [0.05, 0.1) is 20.3 Å². The summed E-state index contributed by atoms with van der Waals surface area (Å²) >= 11 is 1.63. The predicted molar refractivity (Wildman–Crippen MR) is 106 cm³/mol. The number of carbonyl (C=O) groups is 2. The van der Waals surface area contributed by atoms with E-state index in [2.05, 4.69) is 5.32 Å². The number of thioether (sulfide) groups is 1. The first-order valence-electron chi connectivity index (χ1n) is 8.83.